The number of likely N-dealkylation sites (tertiary alicyclic amines) is 1. The fraction of sp³-hybridized carbons (Fsp3) is 0.588. The normalized spacial score (nSPS) is 18.9. The van der Waals surface area contributed by atoms with E-state index in [4.69, 9.17) is 5.11 Å². The van der Waals surface area contributed by atoms with Gasteiger partial charge in [-0.2, -0.15) is 0 Å². The number of hydrogen-bond donors (Lipinski definition) is 1. The Morgan fingerprint density at radius 1 is 1.43 bits per heavy atom. The number of aryl methyl sites for hydroxylation is 1. The van der Waals surface area contributed by atoms with E-state index in [0.717, 1.165) is 25.9 Å². The number of amides is 1. The van der Waals surface area contributed by atoms with E-state index in [0.29, 0.717) is 19.0 Å². The first-order valence-corrected chi connectivity index (χ1v) is 7.72. The molecule has 116 valence electrons. The molecule has 21 heavy (non-hydrogen) atoms. The summed E-state index contributed by atoms with van der Waals surface area (Å²) in [5, 5.41) is 8.98. The Morgan fingerprint density at radius 2 is 2.19 bits per heavy atom. The van der Waals surface area contributed by atoms with Crippen LogP contribution in [-0.2, 0) is 11.3 Å². The summed E-state index contributed by atoms with van der Waals surface area (Å²) in [5.74, 6) is 0.715. The van der Waals surface area contributed by atoms with Gasteiger partial charge in [0.2, 0.25) is 5.91 Å². The maximum Gasteiger partial charge on any atom is 0.236 e. The van der Waals surface area contributed by atoms with Gasteiger partial charge in [-0.05, 0) is 43.4 Å². The highest BCUT2D eigenvalue weighted by molar-refractivity contribution is 5.78. The molecule has 1 aliphatic rings. The highest BCUT2D eigenvalue weighted by atomic mass is 16.3. The van der Waals surface area contributed by atoms with Gasteiger partial charge in [-0.1, -0.05) is 24.3 Å². The molecule has 1 atom stereocenters. The van der Waals surface area contributed by atoms with Gasteiger partial charge in [-0.3, -0.25) is 9.69 Å². The van der Waals surface area contributed by atoms with Crippen molar-refractivity contribution in [2.45, 2.75) is 26.3 Å². The Kier molecular flexibility index (Phi) is 5.76. The fourth-order valence-electron chi connectivity index (χ4n) is 2.92. The minimum absolute atomic E-state index is 0.169. The lowest BCUT2D eigenvalue weighted by atomic mass is 10.1. The van der Waals surface area contributed by atoms with Gasteiger partial charge in [0.05, 0.1) is 6.54 Å². The second-order valence-electron chi connectivity index (χ2n) is 6.08. The predicted molar refractivity (Wildman–Crippen MR) is 83.9 cm³/mol. The van der Waals surface area contributed by atoms with Crippen molar-refractivity contribution in [2.24, 2.45) is 5.92 Å². The summed E-state index contributed by atoms with van der Waals surface area (Å²) in [5.41, 5.74) is 2.43. The van der Waals surface area contributed by atoms with E-state index in [9.17, 15) is 4.79 Å². The van der Waals surface area contributed by atoms with Gasteiger partial charge in [0.25, 0.3) is 0 Å². The quantitative estimate of drug-likeness (QED) is 0.866. The van der Waals surface area contributed by atoms with Crippen LogP contribution in [0.4, 0.5) is 0 Å². The van der Waals surface area contributed by atoms with E-state index in [2.05, 4.69) is 24.0 Å². The molecular formula is C17H26N2O2. The number of benzene rings is 1. The van der Waals surface area contributed by atoms with E-state index in [-0.39, 0.29) is 12.5 Å². The molecule has 4 heteroatoms. The number of aliphatic hydroxyl groups is 1. The van der Waals surface area contributed by atoms with E-state index >= 15 is 0 Å². The summed E-state index contributed by atoms with van der Waals surface area (Å²) in [6.07, 6.45) is 1.94. The maximum absolute atomic E-state index is 12.3. The van der Waals surface area contributed by atoms with Crippen LogP contribution in [-0.4, -0.2) is 54.1 Å². The van der Waals surface area contributed by atoms with Crippen LogP contribution < -0.4 is 0 Å². The molecule has 1 aliphatic heterocycles. The molecule has 2 rings (SSSR count). The van der Waals surface area contributed by atoms with Crippen molar-refractivity contribution in [1.82, 2.24) is 9.80 Å². The van der Waals surface area contributed by atoms with E-state index in [1.165, 1.54) is 11.1 Å². The summed E-state index contributed by atoms with van der Waals surface area (Å²) >= 11 is 0. The zero-order valence-electron chi connectivity index (χ0n) is 13.1. The van der Waals surface area contributed by atoms with Crippen LogP contribution in [0.5, 0.6) is 0 Å². The van der Waals surface area contributed by atoms with Crippen LogP contribution in [0.2, 0.25) is 0 Å². The third-order valence-corrected chi connectivity index (χ3v) is 4.36. The van der Waals surface area contributed by atoms with Crippen LogP contribution in [0.1, 0.15) is 24.0 Å². The fourth-order valence-corrected chi connectivity index (χ4v) is 2.92. The Morgan fingerprint density at radius 3 is 2.90 bits per heavy atom. The largest absolute Gasteiger partial charge is 0.396 e. The SMILES string of the molecule is Cc1ccccc1CN(C)C(=O)CN1CCC(CCO)C1. The van der Waals surface area contributed by atoms with Gasteiger partial charge >= 0.3 is 0 Å². The van der Waals surface area contributed by atoms with Crippen LogP contribution in [0.15, 0.2) is 24.3 Å². The zero-order valence-corrected chi connectivity index (χ0v) is 13.1. The molecule has 1 aromatic carbocycles. The minimum atomic E-state index is 0.169. The average molecular weight is 290 g/mol. The van der Waals surface area contributed by atoms with E-state index in [1.807, 2.05) is 24.1 Å². The van der Waals surface area contributed by atoms with Crippen molar-refractivity contribution < 1.29 is 9.90 Å². The second-order valence-corrected chi connectivity index (χ2v) is 6.08. The highest BCUT2D eigenvalue weighted by Crippen LogP contribution is 2.19. The molecule has 0 bridgehead atoms. The van der Waals surface area contributed by atoms with Crippen LogP contribution in [0.3, 0.4) is 0 Å². The maximum atomic E-state index is 12.3. The molecule has 1 unspecified atom stereocenters. The van der Waals surface area contributed by atoms with Crippen LogP contribution in [0.25, 0.3) is 0 Å². The molecule has 1 N–H and O–H groups in total. The van der Waals surface area contributed by atoms with Gasteiger partial charge in [0.1, 0.15) is 0 Å². The van der Waals surface area contributed by atoms with Crippen molar-refractivity contribution in [3.05, 3.63) is 35.4 Å². The summed E-state index contributed by atoms with van der Waals surface area (Å²) in [7, 11) is 1.87. The summed E-state index contributed by atoms with van der Waals surface area (Å²) in [4.78, 5) is 16.3. The molecule has 4 nitrogen and oxygen atoms in total. The van der Waals surface area contributed by atoms with E-state index < -0.39 is 0 Å². The number of hydrogen-bond acceptors (Lipinski definition) is 3. The zero-order chi connectivity index (χ0) is 15.2. The predicted octanol–water partition coefficient (Wildman–Crippen LogP) is 1.66. The minimum Gasteiger partial charge on any atom is -0.396 e. The lowest BCUT2D eigenvalue weighted by Crippen LogP contribution is -2.37. The lowest BCUT2D eigenvalue weighted by molar-refractivity contribution is -0.131. The number of rotatable bonds is 6. The van der Waals surface area contributed by atoms with Crippen molar-refractivity contribution in [3.8, 4) is 0 Å². The number of likely N-dealkylation sites (N-methyl/N-ethyl adjacent to an activating group) is 1. The first-order valence-electron chi connectivity index (χ1n) is 7.72. The molecular weight excluding hydrogens is 264 g/mol. The van der Waals surface area contributed by atoms with Gasteiger partial charge in [-0.15, -0.1) is 0 Å². The molecule has 1 fully saturated rings. The molecule has 1 amide bonds. The molecule has 0 aliphatic carbocycles. The van der Waals surface area contributed by atoms with Crippen LogP contribution in [0, 0.1) is 12.8 Å². The van der Waals surface area contributed by atoms with Gasteiger partial charge in [-0.25, -0.2) is 0 Å². The van der Waals surface area contributed by atoms with Crippen molar-refractivity contribution in [3.63, 3.8) is 0 Å². The average Bonchev–Trinajstić information content (AvgIpc) is 2.89. The summed E-state index contributed by atoms with van der Waals surface area (Å²) in [6, 6.07) is 8.19. The Balaban J connectivity index is 1.82. The third kappa shape index (κ3) is 4.55. The third-order valence-electron chi connectivity index (χ3n) is 4.36. The van der Waals surface area contributed by atoms with Gasteiger partial charge in [0.15, 0.2) is 0 Å². The van der Waals surface area contributed by atoms with E-state index in [1.54, 1.807) is 0 Å². The standard InChI is InChI=1S/C17H26N2O2/c1-14-5-3-4-6-16(14)12-18(2)17(21)13-19-9-7-15(11-19)8-10-20/h3-6,15,20H,7-13H2,1-2H3. The Bertz CT molecular complexity index is 476. The first kappa shape index (κ1) is 16.0. The molecule has 1 heterocycles. The Labute approximate surface area is 127 Å². The van der Waals surface area contributed by atoms with Crippen molar-refractivity contribution >= 4 is 5.91 Å². The second kappa shape index (κ2) is 7.57. The molecule has 0 radical (unpaired) electrons. The number of nitrogens with zero attached hydrogens (tertiary/aromatic N) is 2. The molecule has 0 spiro atoms. The molecule has 0 aromatic heterocycles. The van der Waals surface area contributed by atoms with Crippen molar-refractivity contribution in [1.29, 1.82) is 0 Å². The van der Waals surface area contributed by atoms with Crippen molar-refractivity contribution in [2.75, 3.05) is 33.3 Å². The smallest absolute Gasteiger partial charge is 0.236 e. The first-order chi connectivity index (χ1) is 10.1. The molecule has 1 saturated heterocycles. The highest BCUT2D eigenvalue weighted by Gasteiger charge is 2.24. The molecule has 1 aromatic rings. The van der Waals surface area contributed by atoms with Gasteiger partial charge in [0, 0.05) is 26.7 Å². The number of aliphatic hydroxyl groups excluding tert-OH is 1. The number of carbonyl (C=O) groups is 1. The topological polar surface area (TPSA) is 43.8 Å². The van der Waals surface area contributed by atoms with Crippen LogP contribution >= 0.6 is 0 Å². The monoisotopic (exact) mass is 290 g/mol. The molecule has 0 saturated carbocycles. The number of carbonyl (C=O) groups excluding carboxylic acids is 1. The lowest BCUT2D eigenvalue weighted by Gasteiger charge is -2.22. The Hall–Kier alpha value is -1.39. The van der Waals surface area contributed by atoms with Gasteiger partial charge < -0.3 is 10.0 Å². The summed E-state index contributed by atoms with van der Waals surface area (Å²) < 4.78 is 0. The summed E-state index contributed by atoms with van der Waals surface area (Å²) in [6.45, 7) is 5.39.